The molecule has 0 unspecified atom stereocenters. The number of carbonyl (C=O) groups excluding carboxylic acids is 1. The molecular weight excluding hydrogens is 174 g/mol. The van der Waals surface area contributed by atoms with Crippen LogP contribution in [-0.4, -0.2) is 45.7 Å². The maximum atomic E-state index is 11.2. The largest absolute Gasteiger partial charge is 0.480 e. The van der Waals surface area contributed by atoms with Crippen molar-refractivity contribution in [2.75, 3.05) is 6.54 Å². The minimum atomic E-state index is -1.04. The van der Waals surface area contributed by atoms with Crippen LogP contribution in [0.3, 0.4) is 0 Å². The van der Waals surface area contributed by atoms with Crippen LogP contribution in [0, 0.1) is 0 Å². The molecule has 1 heterocycles. The fraction of sp³-hybridized carbons (Fsp3) is 0.750. The molecule has 13 heavy (non-hydrogen) atoms. The molecule has 1 amide bonds. The van der Waals surface area contributed by atoms with Crippen molar-refractivity contribution in [3.05, 3.63) is 0 Å². The maximum absolute atomic E-state index is 11.2. The highest BCUT2D eigenvalue weighted by Gasteiger charge is 2.37. The zero-order valence-corrected chi connectivity index (χ0v) is 7.43. The molecule has 1 aliphatic rings. The van der Waals surface area contributed by atoms with E-state index in [0.29, 0.717) is 0 Å². The quantitative estimate of drug-likeness (QED) is 0.607. The first kappa shape index (κ1) is 9.98. The van der Waals surface area contributed by atoms with Crippen molar-refractivity contribution < 1.29 is 19.8 Å². The number of carboxylic acids is 1. The fourth-order valence-electron chi connectivity index (χ4n) is 1.53. The molecule has 2 atom stereocenters. The van der Waals surface area contributed by atoms with E-state index in [1.807, 2.05) is 0 Å². The Hall–Kier alpha value is -1.10. The Bertz CT molecular complexity index is 228. The van der Waals surface area contributed by atoms with E-state index in [9.17, 15) is 14.7 Å². The predicted octanol–water partition coefficient (Wildman–Crippen LogP) is -0.557. The number of carboxylic acid groups (broad SMARTS) is 1. The van der Waals surface area contributed by atoms with E-state index < -0.39 is 18.1 Å². The van der Waals surface area contributed by atoms with Gasteiger partial charge in [-0.15, -0.1) is 0 Å². The van der Waals surface area contributed by atoms with Crippen molar-refractivity contribution >= 4 is 11.9 Å². The van der Waals surface area contributed by atoms with Gasteiger partial charge in [0.1, 0.15) is 6.04 Å². The molecule has 0 spiro atoms. The summed E-state index contributed by atoms with van der Waals surface area (Å²) in [7, 11) is 0. The van der Waals surface area contributed by atoms with Crippen LogP contribution in [0.2, 0.25) is 0 Å². The Morgan fingerprint density at radius 1 is 1.54 bits per heavy atom. The molecule has 5 nitrogen and oxygen atoms in total. The van der Waals surface area contributed by atoms with Gasteiger partial charge in [0.2, 0.25) is 5.91 Å². The summed E-state index contributed by atoms with van der Waals surface area (Å²) in [6.45, 7) is 1.82. The van der Waals surface area contributed by atoms with Gasteiger partial charge in [0.25, 0.3) is 0 Å². The predicted molar refractivity (Wildman–Crippen MR) is 44.1 cm³/mol. The highest BCUT2D eigenvalue weighted by molar-refractivity contribution is 5.84. The highest BCUT2D eigenvalue weighted by Crippen LogP contribution is 2.18. The van der Waals surface area contributed by atoms with Crippen LogP contribution >= 0.6 is 0 Å². The number of carbonyl (C=O) groups is 2. The minimum absolute atomic E-state index is 0.140. The van der Waals surface area contributed by atoms with E-state index in [4.69, 9.17) is 5.11 Å². The van der Waals surface area contributed by atoms with Gasteiger partial charge in [0.05, 0.1) is 6.10 Å². The average Bonchev–Trinajstić information content (AvgIpc) is 2.46. The van der Waals surface area contributed by atoms with Crippen LogP contribution in [0.25, 0.3) is 0 Å². The number of hydrogen-bond donors (Lipinski definition) is 2. The summed E-state index contributed by atoms with van der Waals surface area (Å²) in [6, 6.07) is -0.845. The number of aliphatic carboxylic acids is 1. The number of β-amino-alcohol motifs (C(OH)–C–C–N with tert-alkyl or cyclic N) is 1. The summed E-state index contributed by atoms with van der Waals surface area (Å²) in [4.78, 5) is 23.1. The van der Waals surface area contributed by atoms with Crippen molar-refractivity contribution in [1.29, 1.82) is 0 Å². The normalized spacial score (nSPS) is 27.7. The van der Waals surface area contributed by atoms with Gasteiger partial charge < -0.3 is 15.1 Å². The van der Waals surface area contributed by atoms with Gasteiger partial charge in [-0.05, 0) is 0 Å². The number of likely N-dealkylation sites (tertiary alicyclic amines) is 1. The second kappa shape index (κ2) is 3.74. The first-order valence-corrected chi connectivity index (χ1v) is 4.26. The first-order chi connectivity index (χ1) is 6.06. The van der Waals surface area contributed by atoms with Crippen molar-refractivity contribution in [2.24, 2.45) is 0 Å². The third kappa shape index (κ3) is 1.98. The molecule has 0 bridgehead atoms. The van der Waals surface area contributed by atoms with Crippen molar-refractivity contribution in [2.45, 2.75) is 31.9 Å². The van der Waals surface area contributed by atoms with E-state index in [-0.39, 0.29) is 25.3 Å². The van der Waals surface area contributed by atoms with Gasteiger partial charge >= 0.3 is 5.97 Å². The molecule has 0 aromatic carbocycles. The van der Waals surface area contributed by atoms with E-state index in [1.165, 1.54) is 4.90 Å². The Labute approximate surface area is 76.0 Å². The number of nitrogens with zero attached hydrogens (tertiary/aromatic N) is 1. The summed E-state index contributed by atoms with van der Waals surface area (Å²) < 4.78 is 0. The van der Waals surface area contributed by atoms with Crippen LogP contribution in [0.1, 0.15) is 19.8 Å². The molecular formula is C8H13NO4. The lowest BCUT2D eigenvalue weighted by Crippen LogP contribution is -2.40. The topological polar surface area (TPSA) is 77.8 Å². The lowest BCUT2D eigenvalue weighted by Gasteiger charge is -2.19. The number of amides is 1. The smallest absolute Gasteiger partial charge is 0.326 e. The molecule has 1 rings (SSSR count). The van der Waals surface area contributed by atoms with Gasteiger partial charge in [-0.2, -0.15) is 0 Å². The van der Waals surface area contributed by atoms with Gasteiger partial charge in [0.15, 0.2) is 0 Å². The molecule has 0 saturated carbocycles. The monoisotopic (exact) mass is 187 g/mol. The van der Waals surface area contributed by atoms with Crippen LogP contribution in [0.5, 0.6) is 0 Å². The van der Waals surface area contributed by atoms with Crippen LogP contribution in [0.15, 0.2) is 0 Å². The number of hydrogen-bond acceptors (Lipinski definition) is 3. The maximum Gasteiger partial charge on any atom is 0.326 e. The summed E-state index contributed by atoms with van der Waals surface area (Å²) in [5.74, 6) is -1.26. The van der Waals surface area contributed by atoms with Crippen molar-refractivity contribution in [3.63, 3.8) is 0 Å². The summed E-state index contributed by atoms with van der Waals surface area (Å²) in [5, 5.41) is 17.9. The lowest BCUT2D eigenvalue weighted by atomic mass is 10.2. The third-order valence-corrected chi connectivity index (χ3v) is 2.19. The minimum Gasteiger partial charge on any atom is -0.480 e. The zero-order valence-electron chi connectivity index (χ0n) is 7.43. The number of aliphatic hydroxyl groups excluding tert-OH is 1. The Morgan fingerprint density at radius 3 is 2.62 bits per heavy atom. The molecule has 1 saturated heterocycles. The Balaban J connectivity index is 2.71. The third-order valence-electron chi connectivity index (χ3n) is 2.19. The average molecular weight is 187 g/mol. The highest BCUT2D eigenvalue weighted by atomic mass is 16.4. The second-order valence-electron chi connectivity index (χ2n) is 3.14. The van der Waals surface area contributed by atoms with Crippen molar-refractivity contribution in [1.82, 2.24) is 4.90 Å². The number of aliphatic hydroxyl groups is 1. The van der Waals surface area contributed by atoms with Gasteiger partial charge in [-0.1, -0.05) is 6.92 Å². The summed E-state index contributed by atoms with van der Waals surface area (Å²) >= 11 is 0. The van der Waals surface area contributed by atoms with E-state index in [0.717, 1.165) is 0 Å². The molecule has 1 aliphatic heterocycles. The molecule has 2 N–H and O–H groups in total. The lowest BCUT2D eigenvalue weighted by molar-refractivity contribution is -0.148. The van der Waals surface area contributed by atoms with Crippen LogP contribution in [0.4, 0.5) is 0 Å². The summed E-state index contributed by atoms with van der Waals surface area (Å²) in [5.41, 5.74) is 0. The molecule has 0 aromatic heterocycles. The summed E-state index contributed by atoms with van der Waals surface area (Å²) in [6.07, 6.45) is -0.283. The number of rotatable bonds is 2. The van der Waals surface area contributed by atoms with Gasteiger partial charge in [0, 0.05) is 19.4 Å². The van der Waals surface area contributed by atoms with Crippen LogP contribution < -0.4 is 0 Å². The zero-order chi connectivity index (χ0) is 10.0. The molecule has 0 radical (unpaired) electrons. The molecule has 0 aromatic rings. The molecule has 5 heteroatoms. The van der Waals surface area contributed by atoms with Crippen molar-refractivity contribution in [3.8, 4) is 0 Å². The Kier molecular flexibility index (Phi) is 2.87. The van der Waals surface area contributed by atoms with Gasteiger partial charge in [-0.3, -0.25) is 4.79 Å². The molecule has 74 valence electrons. The van der Waals surface area contributed by atoms with E-state index >= 15 is 0 Å². The van der Waals surface area contributed by atoms with Gasteiger partial charge in [-0.25, -0.2) is 4.79 Å². The SMILES string of the molecule is CCC(=O)N1C[C@@H](O)C[C@@H]1C(=O)O. The standard InChI is InChI=1S/C8H13NO4/c1-2-7(11)9-4-5(10)3-6(9)8(12)13/h5-6,10H,2-4H2,1H3,(H,12,13)/t5-,6+/m0/s1. The second-order valence-corrected chi connectivity index (χ2v) is 3.14. The van der Waals surface area contributed by atoms with E-state index in [2.05, 4.69) is 0 Å². The first-order valence-electron chi connectivity index (χ1n) is 4.26. The van der Waals surface area contributed by atoms with Crippen LogP contribution in [-0.2, 0) is 9.59 Å². The van der Waals surface area contributed by atoms with E-state index in [1.54, 1.807) is 6.92 Å². The fourth-order valence-corrected chi connectivity index (χ4v) is 1.53. The molecule has 0 aliphatic carbocycles. The Morgan fingerprint density at radius 2 is 2.15 bits per heavy atom. The molecule has 1 fully saturated rings.